The molecule has 6 nitrogen and oxygen atoms in total. The average molecular weight is 295 g/mol. The van der Waals surface area contributed by atoms with Crippen LogP contribution in [-0.2, 0) is 9.53 Å². The maximum atomic E-state index is 10.8. The third-order valence-corrected chi connectivity index (χ3v) is 2.62. The lowest BCUT2D eigenvalue weighted by Gasteiger charge is -2.07. The van der Waals surface area contributed by atoms with Crippen LogP contribution in [-0.4, -0.2) is 24.2 Å². The zero-order valence-electron chi connectivity index (χ0n) is 11.1. The van der Waals surface area contributed by atoms with Gasteiger partial charge in [0.15, 0.2) is 5.11 Å². The van der Waals surface area contributed by atoms with Crippen LogP contribution in [0.15, 0.2) is 30.3 Å². The maximum absolute atomic E-state index is 10.8. The number of ether oxygens (including phenoxy) is 1. The second-order valence-corrected chi connectivity index (χ2v) is 4.52. The number of nitrogens with one attached hydrogen (secondary N) is 2. The fourth-order valence-corrected chi connectivity index (χ4v) is 1.40. The Balaban J connectivity index is 0.000000276. The summed E-state index contributed by atoms with van der Waals surface area (Å²) in [5.74, 6) is 0.111. The summed E-state index contributed by atoms with van der Waals surface area (Å²) in [4.78, 5) is 20.7. The Morgan fingerprint density at radius 1 is 1.30 bits per heavy atom. The van der Waals surface area contributed by atoms with Crippen molar-refractivity contribution in [3.63, 3.8) is 0 Å². The van der Waals surface area contributed by atoms with E-state index in [2.05, 4.69) is 15.4 Å². The highest BCUT2D eigenvalue weighted by atomic mass is 32.1. The van der Waals surface area contributed by atoms with Gasteiger partial charge in [0.25, 0.3) is 0 Å². The summed E-state index contributed by atoms with van der Waals surface area (Å²) in [6.45, 7) is 0. The molecule has 0 heterocycles. The molecule has 0 bridgehead atoms. The van der Waals surface area contributed by atoms with Crippen LogP contribution in [0.3, 0.4) is 0 Å². The van der Waals surface area contributed by atoms with Gasteiger partial charge in [0.1, 0.15) is 0 Å². The van der Waals surface area contributed by atoms with Crippen molar-refractivity contribution in [1.29, 1.82) is 0 Å². The highest BCUT2D eigenvalue weighted by Crippen LogP contribution is 2.27. The van der Waals surface area contributed by atoms with Gasteiger partial charge in [-0.25, -0.2) is 4.79 Å². The summed E-state index contributed by atoms with van der Waals surface area (Å²) in [5.41, 5.74) is 5.67. The summed E-state index contributed by atoms with van der Waals surface area (Å²) < 4.78 is 4.38. The van der Waals surface area contributed by atoms with Crippen LogP contribution in [0, 0.1) is 5.92 Å². The van der Waals surface area contributed by atoms with Crippen LogP contribution in [0.5, 0.6) is 0 Å². The van der Waals surface area contributed by atoms with E-state index in [-0.39, 0.29) is 16.9 Å². The van der Waals surface area contributed by atoms with Gasteiger partial charge < -0.3 is 15.8 Å². The number of carbonyl (C=O) groups is 2. The minimum absolute atomic E-state index is 0.130. The number of alkyl carbamates (subject to hydrolysis) is 1. The van der Waals surface area contributed by atoms with Crippen molar-refractivity contribution in [2.75, 3.05) is 12.4 Å². The van der Waals surface area contributed by atoms with Crippen LogP contribution < -0.4 is 16.4 Å². The molecule has 1 aliphatic carbocycles. The first-order chi connectivity index (χ1) is 9.52. The van der Waals surface area contributed by atoms with Crippen molar-refractivity contribution in [3.05, 3.63) is 30.3 Å². The summed E-state index contributed by atoms with van der Waals surface area (Å²) in [6.07, 6.45) is 1.46. The number of hydrogen-bond acceptors (Lipinski definition) is 4. The first-order valence-corrected chi connectivity index (χ1v) is 6.44. The molecular formula is C13H17N3O3S. The molecule has 2 rings (SSSR count). The van der Waals surface area contributed by atoms with Gasteiger partial charge in [0.05, 0.1) is 7.11 Å². The van der Waals surface area contributed by atoms with E-state index in [9.17, 15) is 9.59 Å². The largest absolute Gasteiger partial charge is 0.453 e. The fourth-order valence-electron chi connectivity index (χ4n) is 1.20. The predicted molar refractivity (Wildman–Crippen MR) is 80.1 cm³/mol. The minimum atomic E-state index is -0.585. The molecule has 108 valence electrons. The molecule has 0 aromatic heterocycles. The number of thiocarbonyl (C=S) groups is 1. The molecule has 1 fully saturated rings. The van der Waals surface area contributed by atoms with E-state index in [0.29, 0.717) is 0 Å². The van der Waals surface area contributed by atoms with Crippen molar-refractivity contribution in [1.82, 2.24) is 5.32 Å². The molecule has 0 saturated heterocycles. The Morgan fingerprint density at radius 3 is 2.30 bits per heavy atom. The summed E-state index contributed by atoms with van der Waals surface area (Å²) in [6, 6.07) is 9.30. The summed E-state index contributed by atoms with van der Waals surface area (Å²) in [5, 5.41) is 5.38. The van der Waals surface area contributed by atoms with Crippen LogP contribution in [0.2, 0.25) is 0 Å². The van der Waals surface area contributed by atoms with Crippen LogP contribution >= 0.6 is 12.2 Å². The number of primary amides is 1. The van der Waals surface area contributed by atoms with Crippen molar-refractivity contribution in [2.24, 2.45) is 11.7 Å². The number of carbonyl (C=O) groups excluding carboxylic acids is 2. The Morgan fingerprint density at radius 2 is 1.90 bits per heavy atom. The fraction of sp³-hybridized carbons (Fsp3) is 0.308. The van der Waals surface area contributed by atoms with Crippen molar-refractivity contribution < 1.29 is 14.3 Å². The molecule has 7 heteroatoms. The standard InChI is InChI=1S/C9H10N2O2S.C4H7NO/c1-13-9(12)11-8(14)10-7-5-3-2-4-6-7;5-4(6)3-1-2-3/h2-6H,1H3,(H2,10,11,12,14);3H,1-2H2,(H2,5,6). The number of amides is 2. The zero-order valence-corrected chi connectivity index (χ0v) is 11.9. The minimum Gasteiger partial charge on any atom is -0.453 e. The molecule has 1 aromatic rings. The molecule has 20 heavy (non-hydrogen) atoms. The third kappa shape index (κ3) is 6.69. The second kappa shape index (κ2) is 8.11. The number of benzene rings is 1. The van der Waals surface area contributed by atoms with Crippen molar-refractivity contribution >= 4 is 35.0 Å². The van der Waals surface area contributed by atoms with E-state index in [1.54, 1.807) is 0 Å². The zero-order chi connectivity index (χ0) is 15.0. The van der Waals surface area contributed by atoms with Gasteiger partial charge in [-0.15, -0.1) is 0 Å². The Bertz CT molecular complexity index is 475. The lowest BCUT2D eigenvalue weighted by atomic mass is 10.3. The predicted octanol–water partition coefficient (Wildman–Crippen LogP) is 1.62. The summed E-state index contributed by atoms with van der Waals surface area (Å²) >= 11 is 4.86. The Hall–Kier alpha value is -2.15. The molecule has 0 spiro atoms. The number of rotatable bonds is 2. The number of para-hydroxylation sites is 1. The van der Waals surface area contributed by atoms with Gasteiger partial charge in [0, 0.05) is 11.6 Å². The van der Waals surface area contributed by atoms with Gasteiger partial charge in [-0.3, -0.25) is 10.1 Å². The quantitative estimate of drug-likeness (QED) is 0.721. The topological polar surface area (TPSA) is 93.4 Å². The number of methoxy groups -OCH3 is 1. The molecule has 4 N–H and O–H groups in total. The normalized spacial score (nSPS) is 12.4. The molecule has 0 atom stereocenters. The molecule has 0 radical (unpaired) electrons. The summed E-state index contributed by atoms with van der Waals surface area (Å²) in [7, 11) is 1.28. The Labute approximate surface area is 122 Å². The van der Waals surface area contributed by atoms with E-state index in [4.69, 9.17) is 18.0 Å². The maximum Gasteiger partial charge on any atom is 0.413 e. The van der Waals surface area contributed by atoms with Crippen molar-refractivity contribution in [3.8, 4) is 0 Å². The van der Waals surface area contributed by atoms with Crippen molar-refractivity contribution in [2.45, 2.75) is 12.8 Å². The van der Waals surface area contributed by atoms with Crippen LogP contribution in [0.1, 0.15) is 12.8 Å². The third-order valence-electron chi connectivity index (χ3n) is 2.41. The molecule has 0 aliphatic heterocycles. The molecular weight excluding hydrogens is 278 g/mol. The molecule has 0 unspecified atom stereocenters. The molecule has 1 aromatic carbocycles. The molecule has 1 saturated carbocycles. The monoisotopic (exact) mass is 295 g/mol. The molecule has 1 aliphatic rings. The highest BCUT2D eigenvalue weighted by molar-refractivity contribution is 7.80. The van der Waals surface area contributed by atoms with Gasteiger partial charge in [-0.1, -0.05) is 18.2 Å². The van der Waals surface area contributed by atoms with Gasteiger partial charge >= 0.3 is 6.09 Å². The van der Waals surface area contributed by atoms with E-state index in [1.165, 1.54) is 7.11 Å². The van der Waals surface area contributed by atoms with E-state index in [0.717, 1.165) is 18.5 Å². The Kier molecular flexibility index (Phi) is 6.45. The lowest BCUT2D eigenvalue weighted by molar-refractivity contribution is -0.119. The lowest BCUT2D eigenvalue weighted by Crippen LogP contribution is -2.33. The molecule has 2 amide bonds. The van der Waals surface area contributed by atoms with Gasteiger partial charge in [0.2, 0.25) is 5.91 Å². The highest BCUT2D eigenvalue weighted by Gasteiger charge is 2.26. The van der Waals surface area contributed by atoms with E-state index in [1.807, 2.05) is 30.3 Å². The van der Waals surface area contributed by atoms with E-state index >= 15 is 0 Å². The van der Waals surface area contributed by atoms with Crippen LogP contribution in [0.25, 0.3) is 0 Å². The first kappa shape index (κ1) is 15.9. The second-order valence-electron chi connectivity index (χ2n) is 4.11. The number of hydrogen-bond donors (Lipinski definition) is 3. The smallest absolute Gasteiger partial charge is 0.413 e. The van der Waals surface area contributed by atoms with Gasteiger partial charge in [-0.2, -0.15) is 0 Å². The SMILES string of the molecule is COC(=O)NC(=S)Nc1ccccc1.NC(=O)C1CC1. The average Bonchev–Trinajstić information content (AvgIpc) is 3.24. The van der Waals surface area contributed by atoms with E-state index < -0.39 is 6.09 Å². The number of anilines is 1. The van der Waals surface area contributed by atoms with Crippen LogP contribution in [0.4, 0.5) is 10.5 Å². The van der Waals surface area contributed by atoms with Gasteiger partial charge in [-0.05, 0) is 37.2 Å². The number of nitrogens with two attached hydrogens (primary N) is 1. The first-order valence-electron chi connectivity index (χ1n) is 6.03.